The highest BCUT2D eigenvalue weighted by molar-refractivity contribution is 5.87. The van der Waals surface area contributed by atoms with Crippen molar-refractivity contribution in [2.45, 2.75) is 45.6 Å². The Morgan fingerprint density at radius 3 is 2.36 bits per heavy atom. The fraction of sp³-hybridized carbons (Fsp3) is 0.562. The first-order valence-corrected chi connectivity index (χ1v) is 7.66. The van der Waals surface area contributed by atoms with Crippen molar-refractivity contribution in [2.24, 2.45) is 0 Å². The van der Waals surface area contributed by atoms with E-state index in [1.165, 1.54) is 10.6 Å². The second-order valence-electron chi connectivity index (χ2n) is 5.96. The highest BCUT2D eigenvalue weighted by atomic mass is 16.4. The van der Waals surface area contributed by atoms with E-state index >= 15 is 0 Å². The molecule has 1 saturated heterocycles. The Hall–Kier alpha value is -2.11. The highest BCUT2D eigenvalue weighted by Gasteiger charge is 2.21. The molecule has 6 nitrogen and oxygen atoms in total. The summed E-state index contributed by atoms with van der Waals surface area (Å²) in [5, 5.41) is 9.09. The molecule has 2 heterocycles. The quantitative estimate of drug-likeness (QED) is 0.918. The van der Waals surface area contributed by atoms with E-state index in [2.05, 4.69) is 0 Å². The molecular formula is C16H22N2O4. The van der Waals surface area contributed by atoms with Crippen LogP contribution in [0.1, 0.15) is 55.1 Å². The van der Waals surface area contributed by atoms with Gasteiger partial charge in [-0.25, -0.2) is 4.79 Å². The molecule has 0 aliphatic carbocycles. The number of rotatable bonds is 4. The summed E-state index contributed by atoms with van der Waals surface area (Å²) in [5.41, 5.74) is -0.222. The fourth-order valence-corrected chi connectivity index (χ4v) is 2.80. The molecule has 0 saturated carbocycles. The first-order valence-electron chi connectivity index (χ1n) is 7.66. The molecule has 0 atom stereocenters. The molecule has 22 heavy (non-hydrogen) atoms. The number of carbonyl (C=O) groups excluding carboxylic acids is 1. The number of carboxylic acid groups (broad SMARTS) is 1. The number of carboxylic acids is 1. The zero-order valence-corrected chi connectivity index (χ0v) is 13.0. The lowest BCUT2D eigenvalue weighted by molar-refractivity contribution is -0.132. The Labute approximate surface area is 129 Å². The SMILES string of the molecule is CC(C)c1ccc(C(=O)O)c(=O)n1CC(=O)N1CCCCC1. The third-order valence-corrected chi connectivity index (χ3v) is 4.03. The molecule has 0 radical (unpaired) electrons. The number of carbonyl (C=O) groups is 2. The van der Waals surface area contributed by atoms with Gasteiger partial charge in [-0.3, -0.25) is 9.59 Å². The normalized spacial score (nSPS) is 15.1. The fourth-order valence-electron chi connectivity index (χ4n) is 2.80. The van der Waals surface area contributed by atoms with Gasteiger partial charge in [-0.2, -0.15) is 0 Å². The maximum Gasteiger partial charge on any atom is 0.341 e. The summed E-state index contributed by atoms with van der Waals surface area (Å²) in [6.45, 7) is 5.16. The standard InChI is InChI=1S/C16H22N2O4/c1-11(2)13-7-6-12(16(21)22)15(20)18(13)10-14(19)17-8-4-3-5-9-17/h6-7,11H,3-5,8-10H2,1-2H3,(H,21,22). The van der Waals surface area contributed by atoms with Crippen LogP contribution in [0.2, 0.25) is 0 Å². The third kappa shape index (κ3) is 3.37. The molecule has 0 aromatic carbocycles. The van der Waals surface area contributed by atoms with Crippen molar-refractivity contribution in [3.63, 3.8) is 0 Å². The molecule has 0 spiro atoms. The van der Waals surface area contributed by atoms with Gasteiger partial charge in [0.1, 0.15) is 12.1 Å². The Kier molecular flexibility index (Phi) is 5.00. The van der Waals surface area contributed by atoms with Crippen LogP contribution in [-0.2, 0) is 11.3 Å². The van der Waals surface area contributed by atoms with Crippen molar-refractivity contribution < 1.29 is 14.7 Å². The number of pyridine rings is 1. The zero-order chi connectivity index (χ0) is 16.3. The van der Waals surface area contributed by atoms with Gasteiger partial charge in [-0.05, 0) is 37.3 Å². The van der Waals surface area contributed by atoms with E-state index in [9.17, 15) is 14.4 Å². The smallest absolute Gasteiger partial charge is 0.341 e. The van der Waals surface area contributed by atoms with E-state index in [4.69, 9.17) is 5.11 Å². The summed E-state index contributed by atoms with van der Waals surface area (Å²) in [4.78, 5) is 37.7. The summed E-state index contributed by atoms with van der Waals surface area (Å²) in [6, 6.07) is 2.95. The van der Waals surface area contributed by atoms with Crippen LogP contribution in [0.5, 0.6) is 0 Å². The minimum atomic E-state index is -1.26. The van der Waals surface area contributed by atoms with Crippen molar-refractivity contribution in [1.29, 1.82) is 0 Å². The summed E-state index contributed by atoms with van der Waals surface area (Å²) in [5.74, 6) is -1.35. The first kappa shape index (κ1) is 16.3. The molecule has 2 rings (SSSR count). The summed E-state index contributed by atoms with van der Waals surface area (Å²) in [7, 11) is 0. The molecule has 1 aliphatic heterocycles. The van der Waals surface area contributed by atoms with Crippen molar-refractivity contribution >= 4 is 11.9 Å². The Morgan fingerprint density at radius 1 is 1.18 bits per heavy atom. The summed E-state index contributed by atoms with van der Waals surface area (Å²) in [6.07, 6.45) is 3.08. The number of hydrogen-bond acceptors (Lipinski definition) is 3. The van der Waals surface area contributed by atoms with Crippen LogP contribution in [0.3, 0.4) is 0 Å². The lowest BCUT2D eigenvalue weighted by Crippen LogP contribution is -2.41. The molecule has 0 unspecified atom stereocenters. The highest BCUT2D eigenvalue weighted by Crippen LogP contribution is 2.15. The van der Waals surface area contributed by atoms with Crippen LogP contribution < -0.4 is 5.56 Å². The van der Waals surface area contributed by atoms with Crippen molar-refractivity contribution in [3.05, 3.63) is 33.7 Å². The van der Waals surface area contributed by atoms with E-state index in [1.807, 2.05) is 13.8 Å². The van der Waals surface area contributed by atoms with E-state index in [1.54, 1.807) is 11.0 Å². The molecular weight excluding hydrogens is 284 g/mol. The van der Waals surface area contributed by atoms with Gasteiger partial charge in [0.25, 0.3) is 5.56 Å². The molecule has 1 amide bonds. The molecule has 1 fully saturated rings. The van der Waals surface area contributed by atoms with Gasteiger partial charge in [-0.1, -0.05) is 13.8 Å². The van der Waals surface area contributed by atoms with Crippen LogP contribution in [0.4, 0.5) is 0 Å². The molecule has 1 aromatic rings. The van der Waals surface area contributed by atoms with Gasteiger partial charge in [0.15, 0.2) is 0 Å². The molecule has 6 heteroatoms. The molecule has 1 aliphatic rings. The minimum absolute atomic E-state index is 0.0321. The van der Waals surface area contributed by atoms with Gasteiger partial charge < -0.3 is 14.6 Å². The van der Waals surface area contributed by atoms with E-state index in [0.29, 0.717) is 18.8 Å². The number of likely N-dealkylation sites (tertiary alicyclic amines) is 1. The minimum Gasteiger partial charge on any atom is -0.477 e. The van der Waals surface area contributed by atoms with Gasteiger partial charge >= 0.3 is 5.97 Å². The second kappa shape index (κ2) is 6.77. The number of hydrogen-bond donors (Lipinski definition) is 1. The molecule has 0 bridgehead atoms. The number of piperidine rings is 1. The Bertz CT molecular complexity index is 628. The molecule has 1 N–H and O–H groups in total. The van der Waals surface area contributed by atoms with E-state index in [-0.39, 0.29) is 23.9 Å². The maximum atomic E-state index is 12.4. The number of amides is 1. The van der Waals surface area contributed by atoms with Crippen molar-refractivity contribution in [3.8, 4) is 0 Å². The monoisotopic (exact) mass is 306 g/mol. The van der Waals surface area contributed by atoms with Crippen LogP contribution in [0.15, 0.2) is 16.9 Å². The lowest BCUT2D eigenvalue weighted by atomic mass is 10.1. The predicted molar refractivity (Wildman–Crippen MR) is 82.2 cm³/mol. The van der Waals surface area contributed by atoms with Crippen molar-refractivity contribution in [1.82, 2.24) is 9.47 Å². The number of aromatic nitrogens is 1. The van der Waals surface area contributed by atoms with Gasteiger partial charge in [0.05, 0.1) is 0 Å². The zero-order valence-electron chi connectivity index (χ0n) is 13.0. The summed E-state index contributed by atoms with van der Waals surface area (Å²) >= 11 is 0. The Balaban J connectivity index is 2.35. The van der Waals surface area contributed by atoms with E-state index < -0.39 is 11.5 Å². The van der Waals surface area contributed by atoms with Gasteiger partial charge in [0.2, 0.25) is 5.91 Å². The maximum absolute atomic E-state index is 12.4. The summed E-state index contributed by atoms with van der Waals surface area (Å²) < 4.78 is 1.31. The molecule has 1 aromatic heterocycles. The topological polar surface area (TPSA) is 79.6 Å². The van der Waals surface area contributed by atoms with Crippen LogP contribution in [0, 0.1) is 0 Å². The van der Waals surface area contributed by atoms with Gasteiger partial charge in [0, 0.05) is 18.8 Å². The third-order valence-electron chi connectivity index (χ3n) is 4.03. The van der Waals surface area contributed by atoms with Crippen LogP contribution in [-0.4, -0.2) is 39.5 Å². The largest absolute Gasteiger partial charge is 0.477 e. The van der Waals surface area contributed by atoms with E-state index in [0.717, 1.165) is 19.3 Å². The van der Waals surface area contributed by atoms with Gasteiger partial charge in [-0.15, -0.1) is 0 Å². The van der Waals surface area contributed by atoms with Crippen LogP contribution in [0.25, 0.3) is 0 Å². The van der Waals surface area contributed by atoms with Crippen LogP contribution >= 0.6 is 0 Å². The van der Waals surface area contributed by atoms with Crippen molar-refractivity contribution in [2.75, 3.05) is 13.1 Å². The second-order valence-corrected chi connectivity index (χ2v) is 5.96. The average molecular weight is 306 g/mol. The molecule has 120 valence electrons. The lowest BCUT2D eigenvalue weighted by Gasteiger charge is -2.27. The number of nitrogens with zero attached hydrogens (tertiary/aromatic N) is 2. The first-order chi connectivity index (χ1) is 10.4. The predicted octanol–water partition coefficient (Wildman–Crippen LogP) is 1.68. The Morgan fingerprint density at radius 2 is 1.82 bits per heavy atom. The average Bonchev–Trinajstić information content (AvgIpc) is 2.49. The number of aromatic carboxylic acids is 1.